The molecule has 2 fully saturated rings. The largest absolute Gasteiger partial charge is 0.326 e. The van der Waals surface area contributed by atoms with Crippen LogP contribution >= 0.6 is 23.9 Å². The highest BCUT2D eigenvalue weighted by atomic mass is 32.2. The normalized spacial score (nSPS) is 23.8. The van der Waals surface area contributed by atoms with Crippen molar-refractivity contribution >= 4 is 34.7 Å². The summed E-state index contributed by atoms with van der Waals surface area (Å²) in [5.41, 5.74) is 8.05. The molecule has 162 valence electrons. The van der Waals surface area contributed by atoms with Crippen LogP contribution in [0.15, 0.2) is 47.6 Å². The SMILES string of the molecule is NCc1ccnc(SCC2CC(c3ccc(F)cc3)CN2SN2CCS(=O)CC2)c1. The second kappa shape index (κ2) is 10.6. The van der Waals surface area contributed by atoms with Gasteiger partial charge >= 0.3 is 0 Å². The maximum Gasteiger partial charge on any atom is 0.123 e. The van der Waals surface area contributed by atoms with Crippen LogP contribution in [0.3, 0.4) is 0 Å². The Morgan fingerprint density at radius 2 is 1.97 bits per heavy atom. The Morgan fingerprint density at radius 1 is 1.20 bits per heavy atom. The third kappa shape index (κ3) is 5.83. The van der Waals surface area contributed by atoms with Crippen molar-refractivity contribution in [3.63, 3.8) is 0 Å². The van der Waals surface area contributed by atoms with E-state index < -0.39 is 10.8 Å². The fraction of sp³-hybridized carbons (Fsp3) is 0.476. The van der Waals surface area contributed by atoms with Gasteiger partial charge in [0.2, 0.25) is 0 Å². The van der Waals surface area contributed by atoms with E-state index in [1.54, 1.807) is 36.0 Å². The van der Waals surface area contributed by atoms with Gasteiger partial charge < -0.3 is 5.73 Å². The van der Waals surface area contributed by atoms with E-state index in [0.717, 1.165) is 53.9 Å². The Bertz CT molecular complexity index is 860. The summed E-state index contributed by atoms with van der Waals surface area (Å²) < 4.78 is 29.9. The zero-order valence-electron chi connectivity index (χ0n) is 16.8. The van der Waals surface area contributed by atoms with Crippen LogP contribution in [-0.2, 0) is 17.3 Å². The molecule has 2 saturated heterocycles. The van der Waals surface area contributed by atoms with Gasteiger partial charge in [0.25, 0.3) is 0 Å². The Balaban J connectivity index is 1.44. The van der Waals surface area contributed by atoms with E-state index in [1.165, 1.54) is 5.56 Å². The molecule has 30 heavy (non-hydrogen) atoms. The molecule has 0 bridgehead atoms. The number of pyridine rings is 1. The average molecular weight is 467 g/mol. The number of nitrogens with two attached hydrogens (primary N) is 1. The van der Waals surface area contributed by atoms with Gasteiger partial charge in [-0.15, -0.1) is 11.8 Å². The first-order valence-corrected chi connectivity index (χ1v) is 13.4. The number of benzene rings is 1. The fourth-order valence-corrected chi connectivity index (χ4v) is 7.41. The van der Waals surface area contributed by atoms with Crippen molar-refractivity contribution in [3.8, 4) is 0 Å². The van der Waals surface area contributed by atoms with Gasteiger partial charge in [0, 0.05) is 78.6 Å². The molecule has 1 aromatic carbocycles. The maximum atomic E-state index is 13.4. The molecule has 0 radical (unpaired) electrons. The summed E-state index contributed by atoms with van der Waals surface area (Å²) in [5, 5.41) is 1.00. The van der Waals surface area contributed by atoms with Crippen molar-refractivity contribution < 1.29 is 8.60 Å². The van der Waals surface area contributed by atoms with Crippen molar-refractivity contribution in [2.75, 3.05) is 36.9 Å². The lowest BCUT2D eigenvalue weighted by Gasteiger charge is -2.31. The first-order chi connectivity index (χ1) is 14.6. The Labute approximate surface area is 188 Å². The molecular weight excluding hydrogens is 439 g/mol. The van der Waals surface area contributed by atoms with Crippen molar-refractivity contribution in [2.45, 2.75) is 30.0 Å². The highest BCUT2D eigenvalue weighted by Crippen LogP contribution is 2.39. The summed E-state index contributed by atoms with van der Waals surface area (Å²) >= 11 is 3.55. The van der Waals surface area contributed by atoms with Gasteiger partial charge in [-0.05, 0) is 47.7 Å². The van der Waals surface area contributed by atoms with Crippen molar-refractivity contribution in [1.82, 2.24) is 13.6 Å². The van der Waals surface area contributed by atoms with Gasteiger partial charge in [-0.25, -0.2) is 18.0 Å². The standard InChI is InChI=1S/C21H27FN4OS3/c22-19-3-1-17(2-4-19)18-12-20(15-28-21-11-16(13-23)5-6-24-21)26(14-18)29-25-7-9-30(27)10-8-25/h1-6,11,18,20H,7-10,12-15,23H2. The summed E-state index contributed by atoms with van der Waals surface area (Å²) in [7, 11) is -0.675. The highest BCUT2D eigenvalue weighted by Gasteiger charge is 2.35. The topological polar surface area (TPSA) is 62.5 Å². The molecule has 3 heterocycles. The first-order valence-electron chi connectivity index (χ1n) is 10.2. The number of hydrogen-bond donors (Lipinski definition) is 1. The van der Waals surface area contributed by atoms with Crippen molar-refractivity contribution in [2.24, 2.45) is 5.73 Å². The minimum atomic E-state index is -0.675. The highest BCUT2D eigenvalue weighted by molar-refractivity contribution is 7.99. The summed E-state index contributed by atoms with van der Waals surface area (Å²) in [6, 6.07) is 11.3. The third-order valence-electron chi connectivity index (χ3n) is 5.52. The van der Waals surface area contributed by atoms with E-state index in [-0.39, 0.29) is 5.82 Å². The lowest BCUT2D eigenvalue weighted by molar-refractivity contribution is 0.424. The van der Waals surface area contributed by atoms with Crippen LogP contribution in [-0.4, -0.2) is 60.7 Å². The Morgan fingerprint density at radius 3 is 2.70 bits per heavy atom. The van der Waals surface area contributed by atoms with Crippen LogP contribution in [0.4, 0.5) is 4.39 Å². The van der Waals surface area contributed by atoms with E-state index in [1.807, 2.05) is 24.4 Å². The van der Waals surface area contributed by atoms with Crippen LogP contribution in [0, 0.1) is 5.82 Å². The number of rotatable bonds is 7. The van der Waals surface area contributed by atoms with Crippen molar-refractivity contribution in [3.05, 3.63) is 59.5 Å². The fourth-order valence-electron chi connectivity index (χ4n) is 3.80. The smallest absolute Gasteiger partial charge is 0.123 e. The van der Waals surface area contributed by atoms with Crippen LogP contribution in [0.5, 0.6) is 0 Å². The van der Waals surface area contributed by atoms with Gasteiger partial charge in [0.05, 0.1) is 5.03 Å². The predicted octanol–water partition coefficient (Wildman–Crippen LogP) is 3.26. The summed E-state index contributed by atoms with van der Waals surface area (Å²) in [4.78, 5) is 4.48. The second-order valence-corrected chi connectivity index (χ2v) is 11.5. The lowest BCUT2D eigenvalue weighted by Crippen LogP contribution is -2.38. The maximum absolute atomic E-state index is 13.4. The second-order valence-electron chi connectivity index (χ2n) is 7.61. The number of hydrogen-bond acceptors (Lipinski definition) is 7. The minimum Gasteiger partial charge on any atom is -0.326 e. The minimum absolute atomic E-state index is 0.192. The molecule has 2 unspecified atom stereocenters. The predicted molar refractivity (Wildman–Crippen MR) is 124 cm³/mol. The first kappa shape index (κ1) is 22.2. The molecule has 4 rings (SSSR count). The molecule has 2 aromatic rings. The van der Waals surface area contributed by atoms with Gasteiger partial charge in [0.1, 0.15) is 5.82 Å². The van der Waals surface area contributed by atoms with Gasteiger partial charge in [-0.1, -0.05) is 12.1 Å². The molecule has 5 nitrogen and oxygen atoms in total. The van der Waals surface area contributed by atoms with E-state index in [0.29, 0.717) is 18.5 Å². The summed E-state index contributed by atoms with van der Waals surface area (Å²) in [6.07, 6.45) is 2.85. The quantitative estimate of drug-likeness (QED) is 0.496. The van der Waals surface area contributed by atoms with Gasteiger partial charge in [-0.2, -0.15) is 0 Å². The molecular formula is C21H27FN4OS3. The molecule has 9 heteroatoms. The molecule has 2 aliphatic heterocycles. The van der Waals surface area contributed by atoms with Crippen LogP contribution in [0.25, 0.3) is 0 Å². The zero-order valence-corrected chi connectivity index (χ0v) is 19.2. The van der Waals surface area contributed by atoms with E-state index in [2.05, 4.69) is 19.7 Å². The van der Waals surface area contributed by atoms with Crippen LogP contribution < -0.4 is 5.73 Å². The van der Waals surface area contributed by atoms with Gasteiger partial charge in [-0.3, -0.25) is 4.21 Å². The third-order valence-corrected chi connectivity index (χ3v) is 9.12. The molecule has 0 spiro atoms. The molecule has 1 aromatic heterocycles. The monoisotopic (exact) mass is 466 g/mol. The number of halogens is 1. The van der Waals surface area contributed by atoms with Crippen molar-refractivity contribution in [1.29, 1.82) is 0 Å². The van der Waals surface area contributed by atoms with E-state index in [4.69, 9.17) is 5.73 Å². The molecule has 0 aliphatic carbocycles. The van der Waals surface area contributed by atoms with E-state index >= 15 is 0 Å². The van der Waals surface area contributed by atoms with Crippen LogP contribution in [0.1, 0.15) is 23.5 Å². The number of thioether (sulfide) groups is 1. The lowest BCUT2D eigenvalue weighted by atomic mass is 9.97. The average Bonchev–Trinajstić information content (AvgIpc) is 3.17. The zero-order chi connectivity index (χ0) is 20.9. The number of aromatic nitrogens is 1. The number of nitrogens with zero attached hydrogens (tertiary/aromatic N) is 3. The molecule has 0 amide bonds. The summed E-state index contributed by atoms with van der Waals surface area (Å²) in [5.74, 6) is 2.62. The molecule has 2 atom stereocenters. The van der Waals surface area contributed by atoms with Crippen LogP contribution in [0.2, 0.25) is 0 Å². The van der Waals surface area contributed by atoms with Gasteiger partial charge in [0.15, 0.2) is 0 Å². The Hall–Kier alpha value is -0.970. The molecule has 0 saturated carbocycles. The molecule has 2 aliphatic rings. The van der Waals surface area contributed by atoms with E-state index in [9.17, 15) is 8.60 Å². The molecule has 2 N–H and O–H groups in total. The summed E-state index contributed by atoms with van der Waals surface area (Å²) in [6.45, 7) is 3.16. The Kier molecular flexibility index (Phi) is 7.83.